The number of carbonyl (C=O) groups is 2. The molecule has 0 spiro atoms. The van der Waals surface area contributed by atoms with Crippen molar-refractivity contribution in [3.8, 4) is 0 Å². The van der Waals surface area contributed by atoms with E-state index in [1.165, 1.54) is 23.5 Å². The zero-order valence-corrected chi connectivity index (χ0v) is 17.4. The maximum atomic E-state index is 13.7. The van der Waals surface area contributed by atoms with Gasteiger partial charge in [0, 0.05) is 23.6 Å². The number of nitrogens with two attached hydrogens (primary N) is 1. The number of furan rings is 1. The summed E-state index contributed by atoms with van der Waals surface area (Å²) in [5.41, 5.74) is 9.40. The van der Waals surface area contributed by atoms with Crippen LogP contribution in [0.1, 0.15) is 49.7 Å². The van der Waals surface area contributed by atoms with Gasteiger partial charge in [0.05, 0.1) is 17.3 Å². The molecule has 0 unspecified atom stereocenters. The van der Waals surface area contributed by atoms with Gasteiger partial charge in [0.15, 0.2) is 5.58 Å². The number of carbonyl (C=O) groups excluding carboxylic acids is 2. The van der Waals surface area contributed by atoms with E-state index in [0.717, 1.165) is 47.2 Å². The van der Waals surface area contributed by atoms with Gasteiger partial charge >= 0.3 is 0 Å². The van der Waals surface area contributed by atoms with Crippen molar-refractivity contribution in [1.29, 1.82) is 0 Å². The first-order valence-electron chi connectivity index (χ1n) is 10.1. The lowest BCUT2D eigenvalue weighted by atomic mass is 9.95. The predicted molar refractivity (Wildman–Crippen MR) is 117 cm³/mol. The number of amides is 2. The summed E-state index contributed by atoms with van der Waals surface area (Å²) in [4.78, 5) is 26.5. The largest absolute Gasteiger partial charge is 0.463 e. The van der Waals surface area contributed by atoms with Crippen LogP contribution >= 0.6 is 11.3 Å². The Morgan fingerprint density at radius 2 is 2.03 bits per heavy atom. The zero-order chi connectivity index (χ0) is 21.5. The number of benzene rings is 1. The van der Waals surface area contributed by atoms with Gasteiger partial charge in [-0.15, -0.1) is 11.3 Å². The van der Waals surface area contributed by atoms with Crippen molar-refractivity contribution >= 4 is 39.3 Å². The minimum absolute atomic E-state index is 0.299. The molecule has 4 aromatic rings. The van der Waals surface area contributed by atoms with E-state index in [9.17, 15) is 14.0 Å². The van der Waals surface area contributed by atoms with Crippen LogP contribution in [-0.4, -0.2) is 16.4 Å². The number of halogens is 1. The molecule has 0 aliphatic heterocycles. The molecule has 3 aromatic heterocycles. The van der Waals surface area contributed by atoms with Gasteiger partial charge in [-0.3, -0.25) is 9.59 Å². The highest BCUT2D eigenvalue weighted by atomic mass is 32.1. The van der Waals surface area contributed by atoms with Crippen molar-refractivity contribution < 1.29 is 18.4 Å². The van der Waals surface area contributed by atoms with E-state index in [-0.39, 0.29) is 11.7 Å². The minimum atomic E-state index is -0.529. The Bertz CT molecular complexity index is 1320. The normalized spacial score (nSPS) is 13.3. The van der Waals surface area contributed by atoms with Crippen molar-refractivity contribution in [1.82, 2.24) is 4.57 Å². The van der Waals surface area contributed by atoms with Gasteiger partial charge in [-0.2, -0.15) is 0 Å². The third-order valence-electron chi connectivity index (χ3n) is 5.63. The van der Waals surface area contributed by atoms with Gasteiger partial charge < -0.3 is 20.0 Å². The molecular weight excluding hydrogens is 417 g/mol. The average molecular weight is 437 g/mol. The summed E-state index contributed by atoms with van der Waals surface area (Å²) in [7, 11) is 0. The van der Waals surface area contributed by atoms with Gasteiger partial charge in [-0.1, -0.05) is 12.1 Å². The lowest BCUT2D eigenvalue weighted by molar-refractivity contribution is 0.100. The van der Waals surface area contributed by atoms with E-state index >= 15 is 0 Å². The first-order valence-corrected chi connectivity index (χ1v) is 10.9. The summed E-state index contributed by atoms with van der Waals surface area (Å²) in [5, 5.41) is 3.38. The van der Waals surface area contributed by atoms with Gasteiger partial charge in [-0.05, 0) is 48.9 Å². The number of rotatable bonds is 5. The maximum Gasteiger partial charge on any atom is 0.273 e. The topological polar surface area (TPSA) is 90.3 Å². The molecule has 8 heteroatoms. The van der Waals surface area contributed by atoms with Crippen molar-refractivity contribution in [2.24, 2.45) is 5.73 Å². The first-order chi connectivity index (χ1) is 15.0. The van der Waals surface area contributed by atoms with Crippen molar-refractivity contribution in [3.63, 3.8) is 0 Å². The minimum Gasteiger partial charge on any atom is -0.463 e. The van der Waals surface area contributed by atoms with E-state index < -0.39 is 5.91 Å². The van der Waals surface area contributed by atoms with Crippen LogP contribution < -0.4 is 11.1 Å². The molecule has 3 N–H and O–H groups in total. The smallest absolute Gasteiger partial charge is 0.273 e. The molecule has 6 nitrogen and oxygen atoms in total. The van der Waals surface area contributed by atoms with Gasteiger partial charge in [0.1, 0.15) is 16.5 Å². The number of primary amides is 1. The van der Waals surface area contributed by atoms with Crippen LogP contribution in [0.4, 0.5) is 9.39 Å². The fourth-order valence-corrected chi connectivity index (χ4v) is 5.52. The highest BCUT2D eigenvalue weighted by molar-refractivity contribution is 7.17. The highest BCUT2D eigenvalue weighted by Crippen LogP contribution is 2.38. The van der Waals surface area contributed by atoms with Gasteiger partial charge in [0.2, 0.25) is 0 Å². The van der Waals surface area contributed by atoms with E-state index in [4.69, 9.17) is 10.2 Å². The van der Waals surface area contributed by atoms with E-state index in [2.05, 4.69) is 5.32 Å². The maximum absolute atomic E-state index is 13.7. The van der Waals surface area contributed by atoms with Crippen LogP contribution in [0, 0.1) is 5.82 Å². The van der Waals surface area contributed by atoms with Gasteiger partial charge in [-0.25, -0.2) is 4.39 Å². The molecule has 31 heavy (non-hydrogen) atoms. The number of aryl methyl sites for hydroxylation is 1. The van der Waals surface area contributed by atoms with Crippen LogP contribution in [0.15, 0.2) is 47.1 Å². The van der Waals surface area contributed by atoms with Crippen LogP contribution in [-0.2, 0) is 19.4 Å². The summed E-state index contributed by atoms with van der Waals surface area (Å²) in [5.74, 6) is -1.24. The lowest BCUT2D eigenvalue weighted by Crippen LogP contribution is -2.20. The summed E-state index contributed by atoms with van der Waals surface area (Å²) < 4.78 is 20.9. The molecule has 0 radical (unpaired) electrons. The Labute approximate surface area is 181 Å². The molecule has 158 valence electrons. The number of nitrogens with zero attached hydrogens (tertiary/aromatic N) is 1. The molecule has 0 saturated heterocycles. The predicted octanol–water partition coefficient (Wildman–Crippen LogP) is 4.71. The number of hydrogen-bond acceptors (Lipinski definition) is 4. The third-order valence-corrected chi connectivity index (χ3v) is 6.84. The summed E-state index contributed by atoms with van der Waals surface area (Å²) in [6.07, 6.45) is 5.30. The molecule has 0 atom stereocenters. The van der Waals surface area contributed by atoms with Crippen LogP contribution in [0.2, 0.25) is 0 Å². The monoisotopic (exact) mass is 437 g/mol. The third kappa shape index (κ3) is 3.53. The van der Waals surface area contributed by atoms with Crippen molar-refractivity contribution in [2.75, 3.05) is 5.32 Å². The van der Waals surface area contributed by atoms with Gasteiger partial charge in [0.25, 0.3) is 11.8 Å². The number of hydrogen-bond donors (Lipinski definition) is 2. The molecule has 1 aliphatic rings. The molecule has 5 rings (SSSR count). The van der Waals surface area contributed by atoms with Crippen LogP contribution in [0.3, 0.4) is 0 Å². The molecule has 2 amide bonds. The summed E-state index contributed by atoms with van der Waals surface area (Å²) in [6, 6.07) is 9.67. The van der Waals surface area contributed by atoms with Crippen molar-refractivity contribution in [2.45, 2.75) is 32.2 Å². The Balaban J connectivity index is 1.52. The summed E-state index contributed by atoms with van der Waals surface area (Å²) in [6.45, 7) is 0.299. The van der Waals surface area contributed by atoms with E-state index in [0.29, 0.717) is 28.4 Å². The fraction of sp³-hybridized carbons (Fsp3) is 0.217. The standard InChI is InChI=1S/C23H20FN3O3S/c24-14-5-3-4-13(10-14)12-27-16-8-9-30-18(16)11-17(27)22(29)26-23-20(21(25)28)15-6-1-2-7-19(15)31-23/h3-5,8-11H,1-2,6-7,12H2,(H2,25,28)(H,26,29). The molecule has 0 bridgehead atoms. The quantitative estimate of drug-likeness (QED) is 0.474. The molecule has 1 aromatic carbocycles. The average Bonchev–Trinajstić information content (AvgIpc) is 3.41. The number of fused-ring (bicyclic) bond motifs is 2. The second-order valence-corrected chi connectivity index (χ2v) is 8.75. The van der Waals surface area contributed by atoms with E-state index in [1.807, 2.05) is 0 Å². The molecule has 1 aliphatic carbocycles. The van der Waals surface area contributed by atoms with Crippen molar-refractivity contribution in [3.05, 3.63) is 75.7 Å². The SMILES string of the molecule is NC(=O)c1c(NC(=O)c2cc3occc3n2Cc2cccc(F)c2)sc2c1CCCC2. The van der Waals surface area contributed by atoms with Crippen LogP contribution in [0.5, 0.6) is 0 Å². The second-order valence-electron chi connectivity index (χ2n) is 7.65. The number of nitrogens with one attached hydrogen (secondary N) is 1. The Morgan fingerprint density at radius 1 is 1.19 bits per heavy atom. The molecule has 0 saturated carbocycles. The zero-order valence-electron chi connectivity index (χ0n) is 16.6. The number of thiophene rings is 1. The molecular formula is C23H20FN3O3S. The fourth-order valence-electron chi connectivity index (χ4n) is 4.24. The Hall–Kier alpha value is -3.39. The number of anilines is 1. The summed E-state index contributed by atoms with van der Waals surface area (Å²) >= 11 is 1.42. The first kappa shape index (κ1) is 19.6. The van der Waals surface area contributed by atoms with E-state index in [1.54, 1.807) is 35.1 Å². The Morgan fingerprint density at radius 3 is 2.84 bits per heavy atom. The lowest BCUT2D eigenvalue weighted by Gasteiger charge is -2.12. The van der Waals surface area contributed by atoms with Crippen LogP contribution in [0.25, 0.3) is 11.1 Å². The molecule has 3 heterocycles. The number of aromatic nitrogens is 1. The highest BCUT2D eigenvalue weighted by Gasteiger charge is 2.26. The second kappa shape index (κ2) is 7.70. The molecule has 0 fully saturated rings. The Kier molecular flexibility index (Phi) is 4.86.